The minimum atomic E-state index is -3.31. The van der Waals surface area contributed by atoms with Crippen molar-refractivity contribution in [3.05, 3.63) is 53.8 Å². The number of hydrogen-bond donors (Lipinski definition) is 1. The Balaban J connectivity index is 1.50. The smallest absolute Gasteiger partial charge is 0.231 e. The van der Waals surface area contributed by atoms with Gasteiger partial charge >= 0.3 is 0 Å². The van der Waals surface area contributed by atoms with Crippen LogP contribution in [-0.2, 0) is 10.0 Å². The second kappa shape index (κ2) is 8.17. The Kier molecular flexibility index (Phi) is 5.62. The third-order valence-electron chi connectivity index (χ3n) is 5.27. The second-order valence-electron chi connectivity index (χ2n) is 7.25. The van der Waals surface area contributed by atoms with Crippen LogP contribution in [0.4, 0.5) is 10.1 Å². The topological polar surface area (TPSA) is 71.1 Å². The average molecular weight is 421 g/mol. The van der Waals surface area contributed by atoms with E-state index < -0.39 is 10.0 Å². The fourth-order valence-electron chi connectivity index (χ4n) is 3.75. The minimum absolute atomic E-state index is 0.130. The highest BCUT2D eigenvalue weighted by Gasteiger charge is 2.27. The molecule has 7 nitrogen and oxygen atoms in total. The zero-order chi connectivity index (χ0) is 20.4. The summed E-state index contributed by atoms with van der Waals surface area (Å²) < 4.78 is 50.1. The summed E-state index contributed by atoms with van der Waals surface area (Å²) in [6, 6.07) is 12.1. The van der Waals surface area contributed by atoms with Crippen molar-refractivity contribution in [2.75, 3.05) is 50.7 Å². The number of halogens is 1. The van der Waals surface area contributed by atoms with E-state index in [0.29, 0.717) is 11.5 Å². The van der Waals surface area contributed by atoms with Crippen LogP contribution >= 0.6 is 0 Å². The van der Waals surface area contributed by atoms with Crippen molar-refractivity contribution in [1.29, 1.82) is 0 Å². The molecule has 9 heteroatoms. The first-order valence-corrected chi connectivity index (χ1v) is 11.4. The van der Waals surface area contributed by atoms with E-state index in [1.165, 1.54) is 12.1 Å². The lowest BCUT2D eigenvalue weighted by Gasteiger charge is -2.40. The Morgan fingerprint density at radius 1 is 1.03 bits per heavy atom. The van der Waals surface area contributed by atoms with Crippen LogP contribution in [0.1, 0.15) is 11.6 Å². The lowest BCUT2D eigenvalue weighted by molar-refractivity contribution is 0.173. The van der Waals surface area contributed by atoms with E-state index in [2.05, 4.69) is 14.5 Å². The number of fused-ring (bicyclic) bond motifs is 1. The van der Waals surface area contributed by atoms with Gasteiger partial charge in [-0.05, 0) is 42.0 Å². The number of benzene rings is 2. The van der Waals surface area contributed by atoms with Crippen LogP contribution in [0.2, 0.25) is 0 Å². The van der Waals surface area contributed by atoms with Crippen LogP contribution in [0.15, 0.2) is 42.5 Å². The molecule has 0 aromatic heterocycles. The number of anilines is 1. The van der Waals surface area contributed by atoms with Gasteiger partial charge in [0.15, 0.2) is 11.5 Å². The third-order valence-corrected chi connectivity index (χ3v) is 5.96. The summed E-state index contributed by atoms with van der Waals surface area (Å²) in [6.07, 6.45) is 1.16. The Labute approximate surface area is 170 Å². The molecule has 0 saturated carbocycles. The maximum atomic E-state index is 13.2. The summed E-state index contributed by atoms with van der Waals surface area (Å²) in [5.41, 5.74) is 1.96. The van der Waals surface area contributed by atoms with Gasteiger partial charge in [-0.25, -0.2) is 17.5 Å². The van der Waals surface area contributed by atoms with Crippen molar-refractivity contribution in [1.82, 2.24) is 9.62 Å². The quantitative estimate of drug-likeness (QED) is 0.769. The molecule has 0 unspecified atom stereocenters. The molecule has 29 heavy (non-hydrogen) atoms. The fraction of sp³-hybridized carbons (Fsp3) is 0.400. The molecule has 0 bridgehead atoms. The number of rotatable bonds is 6. The minimum Gasteiger partial charge on any atom is -0.454 e. The van der Waals surface area contributed by atoms with Crippen molar-refractivity contribution in [2.24, 2.45) is 0 Å². The molecule has 1 N–H and O–H groups in total. The molecule has 2 aromatic rings. The van der Waals surface area contributed by atoms with Crippen LogP contribution in [-0.4, -0.2) is 59.1 Å². The third kappa shape index (κ3) is 4.80. The van der Waals surface area contributed by atoms with Crippen LogP contribution in [0.25, 0.3) is 0 Å². The largest absolute Gasteiger partial charge is 0.454 e. The number of nitrogens with zero attached hydrogens (tertiary/aromatic N) is 2. The van der Waals surface area contributed by atoms with E-state index in [0.717, 1.165) is 43.7 Å². The van der Waals surface area contributed by atoms with Gasteiger partial charge in [0.2, 0.25) is 16.8 Å². The average Bonchev–Trinajstić information content (AvgIpc) is 3.16. The molecular formula is C20H24FN3O4S. The van der Waals surface area contributed by atoms with Crippen LogP contribution < -0.4 is 19.1 Å². The van der Waals surface area contributed by atoms with E-state index in [4.69, 9.17) is 9.47 Å². The fourth-order valence-corrected chi connectivity index (χ4v) is 4.21. The SMILES string of the molecule is CS(=O)(=O)NC[C@@H](c1ccc2c(c1)OCO2)N1CCN(c2ccc(F)cc2)CC1. The van der Waals surface area contributed by atoms with Gasteiger partial charge < -0.3 is 14.4 Å². The molecule has 2 aliphatic rings. The summed E-state index contributed by atoms with van der Waals surface area (Å²) in [5.74, 6) is 1.13. The van der Waals surface area contributed by atoms with Crippen molar-refractivity contribution in [3.8, 4) is 11.5 Å². The van der Waals surface area contributed by atoms with Crippen LogP contribution in [0.5, 0.6) is 11.5 Å². The molecule has 1 saturated heterocycles. The standard InChI is InChI=1S/C20H24FN3O4S/c1-29(25,26)22-13-18(15-2-7-19-20(12-15)28-14-27-19)24-10-8-23(9-11-24)17-5-3-16(21)4-6-17/h2-7,12,18,22H,8-11,13-14H2,1H3/t18-/m0/s1. The van der Waals surface area contributed by atoms with Gasteiger partial charge in [0.1, 0.15) is 5.82 Å². The number of piperazine rings is 1. The summed E-state index contributed by atoms with van der Waals surface area (Å²) in [6.45, 7) is 3.51. The van der Waals surface area contributed by atoms with Gasteiger partial charge in [0.25, 0.3) is 0 Å². The van der Waals surface area contributed by atoms with E-state index >= 15 is 0 Å². The maximum Gasteiger partial charge on any atom is 0.231 e. The van der Waals surface area contributed by atoms with Crippen molar-refractivity contribution in [2.45, 2.75) is 6.04 Å². The van der Waals surface area contributed by atoms with Crippen molar-refractivity contribution in [3.63, 3.8) is 0 Å². The molecule has 2 heterocycles. The Bertz CT molecular complexity index is 960. The van der Waals surface area contributed by atoms with E-state index in [1.54, 1.807) is 12.1 Å². The van der Waals surface area contributed by atoms with Crippen LogP contribution in [0.3, 0.4) is 0 Å². The summed E-state index contributed by atoms with van der Waals surface area (Å²) in [5, 5.41) is 0. The summed E-state index contributed by atoms with van der Waals surface area (Å²) in [7, 11) is -3.31. The molecule has 1 fully saturated rings. The number of hydrogen-bond acceptors (Lipinski definition) is 6. The lowest BCUT2D eigenvalue weighted by atomic mass is 10.0. The molecule has 0 aliphatic carbocycles. The molecule has 1 atom stereocenters. The Morgan fingerprint density at radius 2 is 1.72 bits per heavy atom. The molecule has 4 rings (SSSR count). The highest BCUT2D eigenvalue weighted by molar-refractivity contribution is 7.88. The van der Waals surface area contributed by atoms with Gasteiger partial charge in [-0.1, -0.05) is 6.07 Å². The Hall–Kier alpha value is -2.36. The van der Waals surface area contributed by atoms with Gasteiger partial charge in [-0.15, -0.1) is 0 Å². The first-order valence-electron chi connectivity index (χ1n) is 9.48. The Morgan fingerprint density at radius 3 is 2.41 bits per heavy atom. The molecule has 156 valence electrons. The van der Waals surface area contributed by atoms with Gasteiger partial charge in [0.05, 0.1) is 6.26 Å². The number of ether oxygens (including phenoxy) is 2. The number of sulfonamides is 1. The van der Waals surface area contributed by atoms with Crippen molar-refractivity contribution >= 4 is 15.7 Å². The molecular weight excluding hydrogens is 397 g/mol. The predicted octanol–water partition coefficient (Wildman–Crippen LogP) is 1.97. The highest BCUT2D eigenvalue weighted by Crippen LogP contribution is 2.35. The highest BCUT2D eigenvalue weighted by atomic mass is 32.2. The number of nitrogens with one attached hydrogen (secondary N) is 1. The van der Waals surface area contributed by atoms with Crippen molar-refractivity contribution < 1.29 is 22.3 Å². The van der Waals surface area contributed by atoms with Gasteiger partial charge in [-0.3, -0.25) is 4.90 Å². The molecule has 0 amide bonds. The van der Waals surface area contributed by atoms with E-state index in [1.807, 2.05) is 18.2 Å². The molecule has 2 aliphatic heterocycles. The van der Waals surface area contributed by atoms with E-state index in [9.17, 15) is 12.8 Å². The van der Waals surface area contributed by atoms with E-state index in [-0.39, 0.29) is 25.2 Å². The summed E-state index contributed by atoms with van der Waals surface area (Å²) >= 11 is 0. The monoisotopic (exact) mass is 421 g/mol. The zero-order valence-corrected chi connectivity index (χ0v) is 17.0. The molecule has 2 aromatic carbocycles. The normalized spacial score (nSPS) is 18.1. The van der Waals surface area contributed by atoms with Crippen LogP contribution in [0, 0.1) is 5.82 Å². The second-order valence-corrected chi connectivity index (χ2v) is 9.08. The van der Waals surface area contributed by atoms with Gasteiger partial charge in [-0.2, -0.15) is 0 Å². The maximum absolute atomic E-state index is 13.2. The first kappa shape index (κ1) is 19.9. The predicted molar refractivity (Wildman–Crippen MR) is 108 cm³/mol. The molecule has 0 radical (unpaired) electrons. The molecule has 0 spiro atoms. The summed E-state index contributed by atoms with van der Waals surface area (Å²) in [4.78, 5) is 4.46. The zero-order valence-electron chi connectivity index (χ0n) is 16.2. The lowest BCUT2D eigenvalue weighted by Crippen LogP contribution is -2.49. The first-order chi connectivity index (χ1) is 13.9. The van der Waals surface area contributed by atoms with Gasteiger partial charge in [0, 0.05) is 44.5 Å².